The number of aromatic nitrogens is 3. The second-order valence-corrected chi connectivity index (χ2v) is 4.53. The Hall–Kier alpha value is -1.59. The molecule has 6 heteroatoms. The highest BCUT2D eigenvalue weighted by molar-refractivity contribution is 6.31. The van der Waals surface area contributed by atoms with Gasteiger partial charge in [0.25, 0.3) is 0 Å². The molecule has 1 atom stereocenters. The van der Waals surface area contributed by atoms with Crippen LogP contribution in [0.1, 0.15) is 30.7 Å². The summed E-state index contributed by atoms with van der Waals surface area (Å²) in [6.45, 7) is 2.74. The minimum absolute atomic E-state index is 0.444. The maximum Gasteiger partial charge on any atom is 0.143 e. The largest absolute Gasteiger partial charge is 0.495 e. The number of ether oxygens (including phenoxy) is 1. The van der Waals surface area contributed by atoms with Gasteiger partial charge in [0.15, 0.2) is 0 Å². The van der Waals surface area contributed by atoms with Crippen molar-refractivity contribution in [3.8, 4) is 5.75 Å². The van der Waals surface area contributed by atoms with Crippen LogP contribution in [0.3, 0.4) is 0 Å². The van der Waals surface area contributed by atoms with Crippen LogP contribution in [0.15, 0.2) is 24.7 Å². The fraction of sp³-hybridized carbons (Fsp3) is 0.385. The lowest BCUT2D eigenvalue weighted by Crippen LogP contribution is -2.11. The molecule has 0 amide bonds. The van der Waals surface area contributed by atoms with E-state index in [1.54, 1.807) is 29.3 Å². The summed E-state index contributed by atoms with van der Waals surface area (Å²) in [6, 6.07) is 1.71. The SMILES string of the molecule is CCCn1ncc(Cl)c1C(O)c1ccncc1OC. The second-order valence-electron chi connectivity index (χ2n) is 4.12. The fourth-order valence-corrected chi connectivity index (χ4v) is 2.21. The van der Waals surface area contributed by atoms with Crippen molar-refractivity contribution >= 4 is 11.6 Å². The van der Waals surface area contributed by atoms with E-state index >= 15 is 0 Å². The molecule has 0 aliphatic rings. The van der Waals surface area contributed by atoms with E-state index in [2.05, 4.69) is 10.1 Å². The zero-order valence-corrected chi connectivity index (χ0v) is 11.6. The molecule has 2 aromatic heterocycles. The first-order chi connectivity index (χ1) is 9.19. The molecule has 2 heterocycles. The number of aryl methyl sites for hydroxylation is 1. The van der Waals surface area contributed by atoms with Gasteiger partial charge in [0, 0.05) is 18.3 Å². The Bertz CT molecular complexity index is 557. The Morgan fingerprint density at radius 2 is 2.26 bits per heavy atom. The number of nitrogens with zero attached hydrogens (tertiary/aromatic N) is 3. The van der Waals surface area contributed by atoms with Crippen LogP contribution in [0.5, 0.6) is 5.75 Å². The lowest BCUT2D eigenvalue weighted by Gasteiger charge is -2.16. The van der Waals surface area contributed by atoms with Gasteiger partial charge in [-0.05, 0) is 12.5 Å². The summed E-state index contributed by atoms with van der Waals surface area (Å²) in [4.78, 5) is 3.97. The molecule has 102 valence electrons. The maximum absolute atomic E-state index is 10.5. The third-order valence-electron chi connectivity index (χ3n) is 2.86. The quantitative estimate of drug-likeness (QED) is 0.914. The van der Waals surface area contributed by atoms with Gasteiger partial charge in [-0.25, -0.2) is 0 Å². The van der Waals surface area contributed by atoms with E-state index < -0.39 is 6.10 Å². The van der Waals surface area contributed by atoms with Crippen molar-refractivity contribution in [1.29, 1.82) is 0 Å². The Labute approximate surface area is 116 Å². The van der Waals surface area contributed by atoms with Gasteiger partial charge in [-0.15, -0.1) is 0 Å². The number of hydrogen-bond acceptors (Lipinski definition) is 4. The zero-order valence-electron chi connectivity index (χ0n) is 10.9. The average Bonchev–Trinajstić information content (AvgIpc) is 2.79. The molecule has 2 rings (SSSR count). The molecule has 0 aliphatic heterocycles. The van der Waals surface area contributed by atoms with Crippen LogP contribution < -0.4 is 4.74 Å². The van der Waals surface area contributed by atoms with Gasteiger partial charge in [-0.3, -0.25) is 9.67 Å². The van der Waals surface area contributed by atoms with E-state index in [0.717, 1.165) is 6.42 Å². The molecule has 0 saturated heterocycles. The van der Waals surface area contributed by atoms with Crippen molar-refractivity contribution < 1.29 is 9.84 Å². The van der Waals surface area contributed by atoms with E-state index in [-0.39, 0.29) is 0 Å². The summed E-state index contributed by atoms with van der Waals surface area (Å²) < 4.78 is 6.92. The molecular weight excluding hydrogens is 266 g/mol. The van der Waals surface area contributed by atoms with Crippen LogP contribution in [0.2, 0.25) is 5.02 Å². The Balaban J connectivity index is 2.43. The van der Waals surface area contributed by atoms with Crippen LogP contribution in [-0.2, 0) is 6.54 Å². The number of rotatable bonds is 5. The molecule has 0 aliphatic carbocycles. The molecule has 1 unspecified atom stereocenters. The molecule has 0 fully saturated rings. The predicted molar refractivity (Wildman–Crippen MR) is 72.4 cm³/mol. The lowest BCUT2D eigenvalue weighted by molar-refractivity contribution is 0.202. The number of aliphatic hydroxyl groups is 1. The molecule has 5 nitrogen and oxygen atoms in total. The van der Waals surface area contributed by atoms with Crippen LogP contribution in [0, 0.1) is 0 Å². The highest BCUT2D eigenvalue weighted by Gasteiger charge is 2.22. The number of methoxy groups -OCH3 is 1. The number of hydrogen-bond donors (Lipinski definition) is 1. The first kappa shape index (κ1) is 13.8. The number of halogens is 1. The van der Waals surface area contributed by atoms with Gasteiger partial charge in [0.05, 0.1) is 30.2 Å². The third kappa shape index (κ3) is 2.72. The van der Waals surface area contributed by atoms with Crippen molar-refractivity contribution in [1.82, 2.24) is 14.8 Å². The highest BCUT2D eigenvalue weighted by Crippen LogP contribution is 2.32. The Morgan fingerprint density at radius 1 is 1.47 bits per heavy atom. The first-order valence-electron chi connectivity index (χ1n) is 6.06. The molecular formula is C13H16ClN3O2. The first-order valence-corrected chi connectivity index (χ1v) is 6.44. The molecule has 2 aromatic rings. The van der Waals surface area contributed by atoms with Crippen molar-refractivity contribution in [3.63, 3.8) is 0 Å². The minimum Gasteiger partial charge on any atom is -0.495 e. The third-order valence-corrected chi connectivity index (χ3v) is 3.15. The van der Waals surface area contributed by atoms with Crippen LogP contribution in [0.25, 0.3) is 0 Å². The minimum atomic E-state index is -0.889. The molecule has 0 radical (unpaired) electrons. The van der Waals surface area contributed by atoms with Gasteiger partial charge in [-0.1, -0.05) is 18.5 Å². The molecule has 19 heavy (non-hydrogen) atoms. The summed E-state index contributed by atoms with van der Waals surface area (Å²) in [7, 11) is 1.54. The summed E-state index contributed by atoms with van der Waals surface area (Å²) in [5, 5.41) is 15.1. The predicted octanol–water partition coefficient (Wildman–Crippen LogP) is 2.43. The van der Waals surface area contributed by atoms with Gasteiger partial charge in [0.1, 0.15) is 11.9 Å². The van der Waals surface area contributed by atoms with E-state index in [1.165, 1.54) is 7.11 Å². The van der Waals surface area contributed by atoms with Gasteiger partial charge in [-0.2, -0.15) is 5.10 Å². The maximum atomic E-state index is 10.5. The van der Waals surface area contributed by atoms with E-state index in [4.69, 9.17) is 16.3 Å². The van der Waals surface area contributed by atoms with Crippen LogP contribution in [0.4, 0.5) is 0 Å². The summed E-state index contributed by atoms with van der Waals surface area (Å²) >= 11 is 6.12. The standard InChI is InChI=1S/C13H16ClN3O2/c1-3-6-17-12(10(14)7-16-17)13(18)9-4-5-15-8-11(9)19-2/h4-5,7-8,13,18H,3,6H2,1-2H3. The molecule has 1 N–H and O–H groups in total. The summed E-state index contributed by atoms with van der Waals surface area (Å²) in [5.41, 5.74) is 1.20. The van der Waals surface area contributed by atoms with Crippen molar-refractivity contribution in [2.75, 3.05) is 7.11 Å². The molecule has 0 aromatic carbocycles. The smallest absolute Gasteiger partial charge is 0.143 e. The van der Waals surface area contributed by atoms with Gasteiger partial charge < -0.3 is 9.84 Å². The van der Waals surface area contributed by atoms with E-state index in [1.807, 2.05) is 6.92 Å². The van der Waals surface area contributed by atoms with Gasteiger partial charge >= 0.3 is 0 Å². The van der Waals surface area contributed by atoms with Crippen molar-refractivity contribution in [2.45, 2.75) is 26.0 Å². The fourth-order valence-electron chi connectivity index (χ4n) is 1.97. The monoisotopic (exact) mass is 281 g/mol. The van der Waals surface area contributed by atoms with Gasteiger partial charge in [0.2, 0.25) is 0 Å². The number of pyridine rings is 1. The topological polar surface area (TPSA) is 60.2 Å². The van der Waals surface area contributed by atoms with E-state index in [0.29, 0.717) is 28.6 Å². The average molecular weight is 282 g/mol. The van der Waals surface area contributed by atoms with E-state index in [9.17, 15) is 5.11 Å². The molecule has 0 saturated carbocycles. The normalized spacial score (nSPS) is 12.4. The molecule has 0 spiro atoms. The summed E-state index contributed by atoms with van der Waals surface area (Å²) in [5.74, 6) is 0.523. The second kappa shape index (κ2) is 6.04. The van der Waals surface area contributed by atoms with Crippen molar-refractivity contribution in [2.24, 2.45) is 0 Å². The lowest BCUT2D eigenvalue weighted by atomic mass is 10.1. The number of aliphatic hydroxyl groups excluding tert-OH is 1. The molecule has 0 bridgehead atoms. The Morgan fingerprint density at radius 3 is 2.95 bits per heavy atom. The van der Waals surface area contributed by atoms with Crippen LogP contribution in [-0.4, -0.2) is 27.0 Å². The zero-order chi connectivity index (χ0) is 13.8. The summed E-state index contributed by atoms with van der Waals surface area (Å²) in [6.07, 6.45) is 4.73. The van der Waals surface area contributed by atoms with Crippen molar-refractivity contribution in [3.05, 3.63) is 40.9 Å². The highest BCUT2D eigenvalue weighted by atomic mass is 35.5. The van der Waals surface area contributed by atoms with Crippen LogP contribution >= 0.6 is 11.6 Å². The Kier molecular flexibility index (Phi) is 4.39.